The van der Waals surface area contributed by atoms with Crippen molar-refractivity contribution < 1.29 is 14.3 Å². The van der Waals surface area contributed by atoms with E-state index < -0.39 is 0 Å². The van der Waals surface area contributed by atoms with Gasteiger partial charge in [-0.05, 0) is 108 Å². The molecule has 6 unspecified atom stereocenters. The number of rotatable bonds is 7. The van der Waals surface area contributed by atoms with E-state index in [4.69, 9.17) is 9.47 Å². The van der Waals surface area contributed by atoms with Crippen LogP contribution in [0.15, 0.2) is 23.8 Å². The maximum atomic E-state index is 13.0. The van der Waals surface area contributed by atoms with E-state index in [1.165, 1.54) is 38.5 Å². The smallest absolute Gasteiger partial charge is 0.333 e. The van der Waals surface area contributed by atoms with Crippen molar-refractivity contribution in [2.24, 2.45) is 29.6 Å². The van der Waals surface area contributed by atoms with E-state index in [9.17, 15) is 4.79 Å². The third-order valence-corrected chi connectivity index (χ3v) is 8.85. The fraction of sp³-hybridized carbons (Fsp3) is 0.808. The zero-order chi connectivity index (χ0) is 20.8. The fourth-order valence-electron chi connectivity index (χ4n) is 7.16. The van der Waals surface area contributed by atoms with Crippen LogP contribution in [0.25, 0.3) is 0 Å². The molecule has 162 valence electrons. The molecule has 0 aromatic carbocycles. The van der Waals surface area contributed by atoms with Crippen LogP contribution >= 0.6 is 0 Å². The predicted octanol–water partition coefficient (Wildman–Crippen LogP) is 6.23. The Hall–Kier alpha value is -1.09. The second kappa shape index (κ2) is 7.87. The lowest BCUT2D eigenvalue weighted by molar-refractivity contribution is -0.205. The van der Waals surface area contributed by atoms with Gasteiger partial charge in [0.15, 0.2) is 0 Å². The molecule has 5 aliphatic carbocycles. The molecule has 5 aliphatic rings. The molecule has 0 amide bonds. The highest BCUT2D eigenvalue weighted by molar-refractivity contribution is 5.88. The van der Waals surface area contributed by atoms with E-state index in [1.54, 1.807) is 0 Å². The maximum Gasteiger partial charge on any atom is 0.333 e. The van der Waals surface area contributed by atoms with Gasteiger partial charge in [0.2, 0.25) is 0 Å². The van der Waals surface area contributed by atoms with Gasteiger partial charge in [-0.15, -0.1) is 0 Å². The minimum Gasteiger partial charge on any atom is -0.456 e. The first kappa shape index (κ1) is 21.2. The average molecular weight is 401 g/mol. The number of carbonyl (C=O) groups excluding carboxylic acids is 1. The summed E-state index contributed by atoms with van der Waals surface area (Å²) in [4.78, 5) is 13.0. The van der Waals surface area contributed by atoms with Crippen LogP contribution in [0.5, 0.6) is 0 Å². The number of esters is 1. The zero-order valence-corrected chi connectivity index (χ0v) is 19.0. The minimum atomic E-state index is -0.213. The molecule has 4 bridgehead atoms. The van der Waals surface area contributed by atoms with Gasteiger partial charge in [-0.1, -0.05) is 25.2 Å². The molecular formula is C26H40O3. The van der Waals surface area contributed by atoms with Crippen molar-refractivity contribution in [1.29, 1.82) is 0 Å². The first-order chi connectivity index (χ1) is 13.8. The Bertz CT molecular complexity index is 686. The van der Waals surface area contributed by atoms with E-state index in [2.05, 4.69) is 26.5 Å². The summed E-state index contributed by atoms with van der Waals surface area (Å²) in [6.45, 7) is 13.2. The molecule has 0 N–H and O–H groups in total. The fourth-order valence-corrected chi connectivity index (χ4v) is 7.16. The number of hydrogen-bond donors (Lipinski definition) is 0. The lowest BCUT2D eigenvalue weighted by Crippen LogP contribution is -2.61. The normalized spacial score (nSPS) is 40.3. The molecular weight excluding hydrogens is 360 g/mol. The Morgan fingerprint density at radius 2 is 1.86 bits per heavy atom. The average Bonchev–Trinajstić information content (AvgIpc) is 3.15. The summed E-state index contributed by atoms with van der Waals surface area (Å²) in [5.41, 5.74) is 1.60. The standard InChI is InChI=1S/C26H40O3/c1-6-26(9-7-8-10-26)29-24(27)18(4)11-22-20-12-19-13-21(15-20)25(5,23(22)14-19)28-16-17(2)3/h11,19-23H,2,6-10,12-16H2,1,3-5H3/b18-11+. The number of ether oxygens (including phenoxy) is 2. The SMILES string of the molecule is C=C(C)COC1(C)C2CC3CC(C2)C(/C=C(\C)C(=O)OC2(CC)CCCC2)C1C3. The number of carbonyl (C=O) groups is 1. The molecule has 0 radical (unpaired) electrons. The predicted molar refractivity (Wildman–Crippen MR) is 116 cm³/mol. The van der Waals surface area contributed by atoms with E-state index in [0.717, 1.165) is 36.3 Å². The van der Waals surface area contributed by atoms with Crippen molar-refractivity contribution in [1.82, 2.24) is 0 Å². The van der Waals surface area contributed by atoms with Crippen molar-refractivity contribution in [3.05, 3.63) is 23.8 Å². The highest BCUT2D eigenvalue weighted by atomic mass is 16.6. The molecule has 5 rings (SSSR count). The summed E-state index contributed by atoms with van der Waals surface area (Å²) in [7, 11) is 0. The molecule has 6 atom stereocenters. The van der Waals surface area contributed by atoms with Crippen molar-refractivity contribution in [3.8, 4) is 0 Å². The highest BCUT2D eigenvalue weighted by Crippen LogP contribution is 2.62. The van der Waals surface area contributed by atoms with Crippen LogP contribution < -0.4 is 0 Å². The van der Waals surface area contributed by atoms with Gasteiger partial charge in [0, 0.05) is 5.57 Å². The summed E-state index contributed by atoms with van der Waals surface area (Å²) < 4.78 is 12.6. The van der Waals surface area contributed by atoms with E-state index in [0.29, 0.717) is 30.3 Å². The van der Waals surface area contributed by atoms with E-state index >= 15 is 0 Å². The summed E-state index contributed by atoms with van der Waals surface area (Å²) in [6.07, 6.45) is 12.7. The summed E-state index contributed by atoms with van der Waals surface area (Å²) in [5, 5.41) is 0. The summed E-state index contributed by atoms with van der Waals surface area (Å²) in [6, 6.07) is 0. The zero-order valence-electron chi connectivity index (χ0n) is 19.0. The Kier molecular flexibility index (Phi) is 5.74. The third-order valence-electron chi connectivity index (χ3n) is 8.85. The first-order valence-electron chi connectivity index (χ1n) is 12.0. The first-order valence-corrected chi connectivity index (χ1v) is 12.0. The van der Waals surface area contributed by atoms with Gasteiger partial charge in [-0.3, -0.25) is 0 Å². The molecule has 0 heterocycles. The van der Waals surface area contributed by atoms with Crippen LogP contribution in [0.3, 0.4) is 0 Å². The molecule has 0 aromatic heterocycles. The molecule has 5 saturated carbocycles. The minimum absolute atomic E-state index is 0.0895. The van der Waals surface area contributed by atoms with Crippen molar-refractivity contribution in [2.45, 2.75) is 96.7 Å². The molecule has 29 heavy (non-hydrogen) atoms. The Morgan fingerprint density at radius 3 is 2.52 bits per heavy atom. The lowest BCUT2D eigenvalue weighted by Gasteiger charge is -2.62. The van der Waals surface area contributed by atoms with Crippen LogP contribution in [-0.4, -0.2) is 23.8 Å². The molecule has 0 saturated heterocycles. The summed E-state index contributed by atoms with van der Waals surface area (Å²) >= 11 is 0. The molecule has 5 fully saturated rings. The van der Waals surface area contributed by atoms with Crippen LogP contribution in [0.2, 0.25) is 0 Å². The molecule has 3 heteroatoms. The molecule has 3 nitrogen and oxygen atoms in total. The van der Waals surface area contributed by atoms with Gasteiger partial charge in [-0.2, -0.15) is 0 Å². The van der Waals surface area contributed by atoms with E-state index in [1.807, 2.05) is 13.8 Å². The molecule has 0 spiro atoms. The van der Waals surface area contributed by atoms with Crippen LogP contribution in [-0.2, 0) is 14.3 Å². The van der Waals surface area contributed by atoms with E-state index in [-0.39, 0.29) is 17.2 Å². The summed E-state index contributed by atoms with van der Waals surface area (Å²) in [5.74, 6) is 3.06. The Labute approximate surface area is 177 Å². The van der Waals surface area contributed by atoms with Crippen molar-refractivity contribution >= 4 is 5.97 Å². The second-order valence-corrected chi connectivity index (χ2v) is 10.9. The maximum absolute atomic E-state index is 13.0. The van der Waals surface area contributed by atoms with Crippen LogP contribution in [0.4, 0.5) is 0 Å². The van der Waals surface area contributed by atoms with Crippen molar-refractivity contribution in [2.75, 3.05) is 6.61 Å². The van der Waals surface area contributed by atoms with Crippen LogP contribution in [0.1, 0.15) is 85.5 Å². The van der Waals surface area contributed by atoms with Crippen LogP contribution in [0, 0.1) is 29.6 Å². The molecule has 0 aliphatic heterocycles. The van der Waals surface area contributed by atoms with Crippen molar-refractivity contribution in [3.63, 3.8) is 0 Å². The quantitative estimate of drug-likeness (QED) is 0.288. The Morgan fingerprint density at radius 1 is 1.14 bits per heavy atom. The lowest BCUT2D eigenvalue weighted by atomic mass is 9.46. The second-order valence-electron chi connectivity index (χ2n) is 10.9. The van der Waals surface area contributed by atoms with Gasteiger partial charge in [0.1, 0.15) is 5.60 Å². The monoisotopic (exact) mass is 400 g/mol. The van der Waals surface area contributed by atoms with Gasteiger partial charge < -0.3 is 9.47 Å². The molecule has 0 aromatic rings. The Balaban J connectivity index is 1.52. The third kappa shape index (κ3) is 3.84. The van der Waals surface area contributed by atoms with Gasteiger partial charge >= 0.3 is 5.97 Å². The van der Waals surface area contributed by atoms with Gasteiger partial charge in [0.05, 0.1) is 12.2 Å². The topological polar surface area (TPSA) is 35.5 Å². The van der Waals surface area contributed by atoms with Gasteiger partial charge in [0.25, 0.3) is 0 Å². The number of allylic oxidation sites excluding steroid dienone is 1. The number of hydrogen-bond acceptors (Lipinski definition) is 3. The highest BCUT2D eigenvalue weighted by Gasteiger charge is 2.59. The van der Waals surface area contributed by atoms with Gasteiger partial charge in [-0.25, -0.2) is 4.79 Å². The largest absolute Gasteiger partial charge is 0.456 e.